The first-order chi connectivity index (χ1) is 17.4. The number of anilines is 1. The average molecular weight is 545 g/mol. The van der Waals surface area contributed by atoms with E-state index in [2.05, 4.69) is 30.2 Å². The van der Waals surface area contributed by atoms with Crippen molar-refractivity contribution in [2.45, 2.75) is 50.0 Å². The predicted molar refractivity (Wildman–Crippen MR) is 131 cm³/mol. The van der Waals surface area contributed by atoms with Gasteiger partial charge in [-0.2, -0.15) is 13.2 Å². The first-order valence-corrected chi connectivity index (χ1v) is 13.8. The number of nitrogens with zero attached hydrogens (tertiary/aromatic N) is 3. The smallest absolute Gasteiger partial charge is 0.392 e. The summed E-state index contributed by atoms with van der Waals surface area (Å²) >= 11 is 0. The Balaban J connectivity index is 1.21. The summed E-state index contributed by atoms with van der Waals surface area (Å²) in [7, 11) is -2.13. The van der Waals surface area contributed by atoms with Crippen LogP contribution in [-0.4, -0.2) is 84.9 Å². The maximum absolute atomic E-state index is 13.1. The standard InChI is InChI=1S/C23H31F3N6O4S/c1-27-37(35,36)12-20(33)14-2-5-17(6-3-14)32-10-16(11-32)31-21(34)9-28-22-18-8-15(23(24,25)26)4-7-19(18)29-13-30-22/h4,7-8,13-14,16-17,20,27,33H,2-3,5-6,9-12H2,1H3,(H,31,34)(H,28,29,30)/t14-,17-,20?. The number of benzene rings is 1. The maximum atomic E-state index is 13.1. The lowest BCUT2D eigenvalue weighted by Crippen LogP contribution is -2.63. The number of carbonyl (C=O) groups excluding carboxylic acids is 1. The molecule has 1 saturated carbocycles. The molecule has 14 heteroatoms. The fraction of sp³-hybridized carbons (Fsp3) is 0.609. The van der Waals surface area contributed by atoms with Crippen molar-refractivity contribution < 1.29 is 31.5 Å². The van der Waals surface area contributed by atoms with Gasteiger partial charge in [-0.15, -0.1) is 0 Å². The molecule has 1 amide bonds. The highest BCUT2D eigenvalue weighted by Crippen LogP contribution is 2.33. The number of rotatable bonds is 9. The molecule has 4 rings (SSSR count). The van der Waals surface area contributed by atoms with Crippen molar-refractivity contribution >= 4 is 32.7 Å². The van der Waals surface area contributed by atoms with Gasteiger partial charge >= 0.3 is 6.18 Å². The Kier molecular flexibility index (Phi) is 8.21. The zero-order chi connectivity index (χ0) is 26.8. The van der Waals surface area contributed by atoms with Crippen LogP contribution < -0.4 is 15.4 Å². The van der Waals surface area contributed by atoms with E-state index in [1.165, 1.54) is 19.4 Å². The number of carbonyl (C=O) groups is 1. The second-order valence-electron chi connectivity index (χ2n) is 9.65. The Hall–Kier alpha value is -2.55. The minimum Gasteiger partial charge on any atom is -0.392 e. The molecule has 2 aliphatic rings. The van der Waals surface area contributed by atoms with Crippen molar-refractivity contribution in [3.05, 3.63) is 30.1 Å². The van der Waals surface area contributed by atoms with Gasteiger partial charge in [-0.05, 0) is 56.8 Å². The van der Waals surface area contributed by atoms with Crippen LogP contribution in [0.4, 0.5) is 19.0 Å². The number of amides is 1. The number of halogens is 3. The summed E-state index contributed by atoms with van der Waals surface area (Å²) in [6, 6.07) is 3.49. The van der Waals surface area contributed by atoms with Crippen LogP contribution in [0.3, 0.4) is 0 Å². The van der Waals surface area contributed by atoms with Gasteiger partial charge in [0.1, 0.15) is 12.1 Å². The highest BCUT2D eigenvalue weighted by atomic mass is 32.2. The zero-order valence-corrected chi connectivity index (χ0v) is 21.1. The van der Waals surface area contributed by atoms with Gasteiger partial charge in [0.2, 0.25) is 15.9 Å². The largest absolute Gasteiger partial charge is 0.416 e. The minimum absolute atomic E-state index is 0.0302. The maximum Gasteiger partial charge on any atom is 0.416 e. The molecule has 4 N–H and O–H groups in total. The molecule has 0 spiro atoms. The van der Waals surface area contributed by atoms with E-state index in [1.807, 2.05) is 0 Å². The van der Waals surface area contributed by atoms with Crippen molar-refractivity contribution in [1.82, 2.24) is 24.9 Å². The summed E-state index contributed by atoms with van der Waals surface area (Å²) < 4.78 is 64.8. The lowest BCUT2D eigenvalue weighted by Gasteiger charge is -2.47. The summed E-state index contributed by atoms with van der Waals surface area (Å²) in [5.41, 5.74) is -0.477. The number of nitrogens with one attached hydrogen (secondary N) is 3. The Bertz CT molecular complexity index is 1210. The Morgan fingerprint density at radius 1 is 1.19 bits per heavy atom. The quantitative estimate of drug-likeness (QED) is 0.371. The molecule has 2 fully saturated rings. The highest BCUT2D eigenvalue weighted by Gasteiger charge is 2.37. The highest BCUT2D eigenvalue weighted by molar-refractivity contribution is 7.89. The summed E-state index contributed by atoms with van der Waals surface area (Å²) in [6.07, 6.45) is -0.972. The number of aromatic nitrogens is 2. The molecule has 2 aromatic rings. The van der Waals surface area contributed by atoms with Crippen molar-refractivity contribution in [3.8, 4) is 0 Å². The minimum atomic E-state index is -4.50. The van der Waals surface area contributed by atoms with Gasteiger partial charge in [-0.3, -0.25) is 9.69 Å². The molecule has 1 saturated heterocycles. The van der Waals surface area contributed by atoms with Gasteiger partial charge in [0, 0.05) is 24.5 Å². The van der Waals surface area contributed by atoms with Crippen LogP contribution in [0.1, 0.15) is 31.2 Å². The molecule has 1 atom stereocenters. The number of sulfonamides is 1. The van der Waals surface area contributed by atoms with Gasteiger partial charge in [0.25, 0.3) is 0 Å². The molecular weight excluding hydrogens is 513 g/mol. The van der Waals surface area contributed by atoms with Crippen LogP contribution in [-0.2, 0) is 21.0 Å². The number of hydrogen-bond acceptors (Lipinski definition) is 8. The molecule has 1 aliphatic carbocycles. The fourth-order valence-corrected chi connectivity index (χ4v) is 5.90. The topological polar surface area (TPSA) is 137 Å². The van der Waals surface area contributed by atoms with Crippen molar-refractivity contribution in [2.24, 2.45) is 5.92 Å². The van der Waals surface area contributed by atoms with E-state index in [-0.39, 0.29) is 41.4 Å². The number of likely N-dealkylation sites (tertiary alicyclic amines) is 1. The number of fused-ring (bicyclic) bond motifs is 1. The Morgan fingerprint density at radius 3 is 2.54 bits per heavy atom. The second kappa shape index (κ2) is 11.1. The van der Waals surface area contributed by atoms with Crippen LogP contribution in [0.15, 0.2) is 24.5 Å². The van der Waals surface area contributed by atoms with Crippen molar-refractivity contribution in [3.63, 3.8) is 0 Å². The molecule has 2 heterocycles. The summed E-state index contributed by atoms with van der Waals surface area (Å²) in [4.78, 5) is 22.7. The number of hydrogen-bond donors (Lipinski definition) is 4. The van der Waals surface area contributed by atoms with Gasteiger partial charge in [-0.25, -0.2) is 23.1 Å². The monoisotopic (exact) mass is 544 g/mol. The molecule has 1 unspecified atom stereocenters. The molecule has 1 aliphatic heterocycles. The van der Waals surface area contributed by atoms with E-state index >= 15 is 0 Å². The van der Waals surface area contributed by atoms with Crippen molar-refractivity contribution in [2.75, 3.05) is 37.8 Å². The number of aliphatic hydroxyl groups excluding tert-OH is 1. The van der Waals surface area contributed by atoms with E-state index in [0.29, 0.717) is 24.6 Å². The Labute approximate surface area is 213 Å². The number of aliphatic hydroxyl groups is 1. The van der Waals surface area contributed by atoms with E-state index in [1.54, 1.807) is 0 Å². The van der Waals surface area contributed by atoms with Crippen LogP contribution in [0.25, 0.3) is 10.9 Å². The molecule has 1 aromatic heterocycles. The average Bonchev–Trinajstić information content (AvgIpc) is 2.83. The SMILES string of the molecule is CNS(=O)(=O)CC(O)[C@H]1CC[C@H](N2CC(NC(=O)CNc3ncnc4ccc(C(F)(F)F)cc34)C2)CC1. The van der Waals surface area contributed by atoms with Gasteiger partial charge in [-0.1, -0.05) is 0 Å². The second-order valence-corrected chi connectivity index (χ2v) is 11.6. The van der Waals surface area contributed by atoms with Crippen LogP contribution in [0.2, 0.25) is 0 Å². The Morgan fingerprint density at radius 2 is 1.89 bits per heavy atom. The summed E-state index contributed by atoms with van der Waals surface area (Å²) in [5, 5.41) is 16.2. The van der Waals surface area contributed by atoms with Crippen LogP contribution in [0.5, 0.6) is 0 Å². The van der Waals surface area contributed by atoms with Gasteiger partial charge in [0.15, 0.2) is 0 Å². The number of alkyl halides is 3. The lowest BCUT2D eigenvalue weighted by atomic mass is 9.81. The third-order valence-electron chi connectivity index (χ3n) is 7.16. The first kappa shape index (κ1) is 27.5. The molecule has 10 nitrogen and oxygen atoms in total. The zero-order valence-electron chi connectivity index (χ0n) is 20.3. The molecule has 1 aromatic carbocycles. The van der Waals surface area contributed by atoms with Crippen LogP contribution in [0, 0.1) is 5.92 Å². The molecule has 204 valence electrons. The van der Waals surface area contributed by atoms with E-state index in [9.17, 15) is 31.5 Å². The van der Waals surface area contributed by atoms with Crippen molar-refractivity contribution in [1.29, 1.82) is 0 Å². The lowest BCUT2D eigenvalue weighted by molar-refractivity contribution is -0.137. The van der Waals surface area contributed by atoms with Gasteiger partial charge < -0.3 is 15.7 Å². The van der Waals surface area contributed by atoms with E-state index in [0.717, 1.165) is 37.8 Å². The summed E-state index contributed by atoms with van der Waals surface area (Å²) in [6.45, 7) is 1.23. The van der Waals surface area contributed by atoms with Crippen LogP contribution >= 0.6 is 0 Å². The fourth-order valence-electron chi connectivity index (χ4n) is 5.01. The third kappa shape index (κ3) is 6.86. The normalized spacial score (nSPS) is 22.4. The predicted octanol–water partition coefficient (Wildman–Crippen LogP) is 1.33. The molecule has 0 bridgehead atoms. The molecular formula is C23H31F3N6O4S. The third-order valence-corrected chi connectivity index (χ3v) is 8.56. The van der Waals surface area contributed by atoms with E-state index in [4.69, 9.17) is 0 Å². The molecule has 37 heavy (non-hydrogen) atoms. The summed E-state index contributed by atoms with van der Waals surface area (Å²) in [5.74, 6) is -0.477. The van der Waals surface area contributed by atoms with E-state index < -0.39 is 27.9 Å². The first-order valence-electron chi connectivity index (χ1n) is 12.1. The van der Waals surface area contributed by atoms with Gasteiger partial charge in [0.05, 0.1) is 35.5 Å². The molecule has 0 radical (unpaired) electrons.